The van der Waals surface area contributed by atoms with Crippen molar-refractivity contribution in [2.24, 2.45) is 0 Å². The summed E-state index contributed by atoms with van der Waals surface area (Å²) in [5, 5.41) is 9.56. The highest BCUT2D eigenvalue weighted by Crippen LogP contribution is 2.37. The molecule has 1 heterocycles. The number of nitrogens with zero attached hydrogens (tertiary/aromatic N) is 1. The summed E-state index contributed by atoms with van der Waals surface area (Å²) in [7, 11) is 1.49. The van der Waals surface area contributed by atoms with Crippen molar-refractivity contribution in [3.63, 3.8) is 0 Å². The first-order valence-electron chi connectivity index (χ1n) is 6.45. The van der Waals surface area contributed by atoms with Crippen LogP contribution in [0.2, 0.25) is 0 Å². The first-order valence-corrected chi connectivity index (χ1v) is 6.45. The minimum atomic E-state index is -4.72. The van der Waals surface area contributed by atoms with E-state index in [9.17, 15) is 23.1 Å². The molecule has 1 saturated heterocycles. The lowest BCUT2D eigenvalue weighted by molar-refractivity contribution is -0.253. The maximum absolute atomic E-state index is 12.7. The van der Waals surface area contributed by atoms with Crippen molar-refractivity contribution in [2.45, 2.75) is 24.6 Å². The number of benzene rings is 1. The molecule has 0 radical (unpaired) electrons. The zero-order valence-corrected chi connectivity index (χ0v) is 11.5. The van der Waals surface area contributed by atoms with E-state index in [-0.39, 0.29) is 13.0 Å². The lowest BCUT2D eigenvalue weighted by Gasteiger charge is -2.25. The Morgan fingerprint density at radius 2 is 2.19 bits per heavy atom. The Morgan fingerprint density at radius 1 is 1.48 bits per heavy atom. The average Bonchev–Trinajstić information content (AvgIpc) is 2.83. The summed E-state index contributed by atoms with van der Waals surface area (Å²) in [6, 6.07) is 6.78. The maximum Gasteiger partial charge on any atom is 0.419 e. The predicted molar refractivity (Wildman–Crippen MR) is 68.9 cm³/mol. The molecule has 1 atom stereocenters. The second-order valence-corrected chi connectivity index (χ2v) is 5.12. The number of aliphatic hydroxyl groups is 1. The zero-order chi connectivity index (χ0) is 15.7. The van der Waals surface area contributed by atoms with E-state index in [0.717, 1.165) is 4.90 Å². The second kappa shape index (κ2) is 5.55. The van der Waals surface area contributed by atoms with Crippen LogP contribution in [-0.2, 0) is 11.2 Å². The number of hydrogen-bond donors (Lipinski definition) is 1. The van der Waals surface area contributed by atoms with Crippen LogP contribution in [-0.4, -0.2) is 47.9 Å². The molecule has 0 saturated carbocycles. The molecule has 21 heavy (non-hydrogen) atoms. The molecule has 0 aromatic heterocycles. The number of hydrogen-bond acceptors (Lipinski definition) is 3. The molecular formula is C14H16F3NO3. The quantitative estimate of drug-likeness (QED) is 0.926. The molecule has 1 fully saturated rings. The standard InChI is InChI=1S/C14H16F3NO3/c1-21-11-4-2-3-10(7-11)8-12(19)18-6-5-13(20,9-18)14(15,16)17/h2-4,7,20H,5-6,8-9H2,1H3/t13-/m0/s1. The number of halogens is 3. The minimum absolute atomic E-state index is 0.0227. The molecule has 2 rings (SSSR count). The normalized spacial score (nSPS) is 22.4. The number of rotatable bonds is 3. The van der Waals surface area contributed by atoms with Gasteiger partial charge >= 0.3 is 6.18 Å². The van der Waals surface area contributed by atoms with Crippen LogP contribution in [0.4, 0.5) is 13.2 Å². The number of amides is 1. The van der Waals surface area contributed by atoms with Crippen molar-refractivity contribution in [1.82, 2.24) is 4.90 Å². The van der Waals surface area contributed by atoms with Crippen molar-refractivity contribution in [2.75, 3.05) is 20.2 Å². The summed E-state index contributed by atoms with van der Waals surface area (Å²) in [4.78, 5) is 13.1. The number of ether oxygens (including phenoxy) is 1. The fourth-order valence-electron chi connectivity index (χ4n) is 2.31. The molecular weight excluding hydrogens is 287 g/mol. The van der Waals surface area contributed by atoms with Crippen molar-refractivity contribution >= 4 is 5.91 Å². The van der Waals surface area contributed by atoms with Crippen molar-refractivity contribution in [3.05, 3.63) is 29.8 Å². The number of β-amino-alcohol motifs (C(OH)–C–C–N with tert-alkyl or cyclic N) is 1. The van der Waals surface area contributed by atoms with E-state index in [1.165, 1.54) is 7.11 Å². The first-order chi connectivity index (χ1) is 9.75. The fourth-order valence-corrected chi connectivity index (χ4v) is 2.31. The van der Waals surface area contributed by atoms with E-state index in [1.807, 2.05) is 0 Å². The highest BCUT2D eigenvalue weighted by Gasteiger charge is 2.57. The lowest BCUT2D eigenvalue weighted by Crippen LogP contribution is -2.48. The number of likely N-dealkylation sites (tertiary alicyclic amines) is 1. The van der Waals surface area contributed by atoms with Crippen LogP contribution in [0.5, 0.6) is 5.75 Å². The van der Waals surface area contributed by atoms with Gasteiger partial charge in [-0.3, -0.25) is 4.79 Å². The monoisotopic (exact) mass is 303 g/mol. The smallest absolute Gasteiger partial charge is 0.419 e. The Balaban J connectivity index is 2.02. The SMILES string of the molecule is COc1cccc(CC(=O)N2CC[C@@](O)(C(F)(F)F)C2)c1. The Labute approximate surface area is 120 Å². The van der Waals surface area contributed by atoms with Crippen LogP contribution < -0.4 is 4.74 Å². The summed E-state index contributed by atoms with van der Waals surface area (Å²) in [6.07, 6.45) is -5.23. The van der Waals surface area contributed by atoms with Gasteiger partial charge in [0.25, 0.3) is 0 Å². The number of alkyl halides is 3. The van der Waals surface area contributed by atoms with Crippen LogP contribution in [0.15, 0.2) is 24.3 Å². The van der Waals surface area contributed by atoms with E-state index in [4.69, 9.17) is 4.74 Å². The van der Waals surface area contributed by atoms with Crippen LogP contribution in [0.25, 0.3) is 0 Å². The second-order valence-electron chi connectivity index (χ2n) is 5.12. The third-order valence-electron chi connectivity index (χ3n) is 3.62. The number of carbonyl (C=O) groups excluding carboxylic acids is 1. The van der Waals surface area contributed by atoms with Gasteiger partial charge < -0.3 is 14.7 Å². The molecule has 0 unspecified atom stereocenters. The van der Waals surface area contributed by atoms with Crippen LogP contribution in [0.3, 0.4) is 0 Å². The fraction of sp³-hybridized carbons (Fsp3) is 0.500. The van der Waals surface area contributed by atoms with Gasteiger partial charge in [-0.2, -0.15) is 13.2 Å². The molecule has 0 aliphatic carbocycles. The van der Waals surface area contributed by atoms with Crippen molar-refractivity contribution < 1.29 is 27.8 Å². The topological polar surface area (TPSA) is 49.8 Å². The molecule has 1 aliphatic rings. The van der Waals surface area contributed by atoms with Crippen LogP contribution in [0.1, 0.15) is 12.0 Å². The van der Waals surface area contributed by atoms with E-state index in [2.05, 4.69) is 0 Å². The van der Waals surface area contributed by atoms with E-state index in [1.54, 1.807) is 24.3 Å². The van der Waals surface area contributed by atoms with Gasteiger partial charge in [0, 0.05) is 13.0 Å². The van der Waals surface area contributed by atoms with Crippen LogP contribution in [0, 0.1) is 0 Å². The zero-order valence-electron chi connectivity index (χ0n) is 11.5. The largest absolute Gasteiger partial charge is 0.497 e. The summed E-state index contributed by atoms with van der Waals surface area (Å²) in [6.45, 7) is -0.807. The molecule has 4 nitrogen and oxygen atoms in total. The molecule has 1 N–H and O–H groups in total. The number of carbonyl (C=O) groups is 1. The Bertz CT molecular complexity index is 532. The first kappa shape index (κ1) is 15.6. The van der Waals surface area contributed by atoms with Gasteiger partial charge in [-0.15, -0.1) is 0 Å². The van der Waals surface area contributed by atoms with Crippen LogP contribution >= 0.6 is 0 Å². The average molecular weight is 303 g/mol. The summed E-state index contributed by atoms with van der Waals surface area (Å²) in [5.74, 6) is 0.136. The van der Waals surface area contributed by atoms with Crippen molar-refractivity contribution in [3.8, 4) is 5.75 Å². The predicted octanol–water partition coefficient (Wildman–Crippen LogP) is 1.76. The van der Waals surface area contributed by atoms with Gasteiger partial charge in [0.1, 0.15) is 5.75 Å². The van der Waals surface area contributed by atoms with Gasteiger partial charge in [0.15, 0.2) is 5.60 Å². The van der Waals surface area contributed by atoms with E-state index < -0.39 is 30.7 Å². The van der Waals surface area contributed by atoms with E-state index in [0.29, 0.717) is 11.3 Å². The lowest BCUT2D eigenvalue weighted by atomic mass is 10.0. The van der Waals surface area contributed by atoms with Gasteiger partial charge in [0.05, 0.1) is 20.1 Å². The van der Waals surface area contributed by atoms with E-state index >= 15 is 0 Å². The maximum atomic E-state index is 12.7. The molecule has 0 spiro atoms. The molecule has 1 aromatic rings. The summed E-state index contributed by atoms with van der Waals surface area (Å²) >= 11 is 0. The minimum Gasteiger partial charge on any atom is -0.497 e. The molecule has 116 valence electrons. The third-order valence-corrected chi connectivity index (χ3v) is 3.62. The Morgan fingerprint density at radius 3 is 2.76 bits per heavy atom. The van der Waals surface area contributed by atoms with Gasteiger partial charge in [0.2, 0.25) is 5.91 Å². The van der Waals surface area contributed by atoms with Gasteiger partial charge in [-0.1, -0.05) is 12.1 Å². The van der Waals surface area contributed by atoms with Gasteiger partial charge in [-0.25, -0.2) is 0 Å². The molecule has 1 aliphatic heterocycles. The third kappa shape index (κ3) is 3.29. The summed E-state index contributed by atoms with van der Waals surface area (Å²) in [5.41, 5.74) is -2.14. The number of methoxy groups -OCH3 is 1. The molecule has 0 bridgehead atoms. The highest BCUT2D eigenvalue weighted by molar-refractivity contribution is 5.79. The Hall–Kier alpha value is -1.76. The highest BCUT2D eigenvalue weighted by atomic mass is 19.4. The Kier molecular flexibility index (Phi) is 4.13. The molecule has 1 amide bonds. The van der Waals surface area contributed by atoms with Gasteiger partial charge in [-0.05, 0) is 17.7 Å². The molecule has 7 heteroatoms. The van der Waals surface area contributed by atoms with Crippen molar-refractivity contribution in [1.29, 1.82) is 0 Å². The molecule has 1 aromatic carbocycles. The summed E-state index contributed by atoms with van der Waals surface area (Å²) < 4.78 is 43.1.